The first-order valence-corrected chi connectivity index (χ1v) is 10.0. The molecule has 0 aliphatic carbocycles. The minimum Gasteiger partial charge on any atom is -0.497 e. The average molecular weight is 421 g/mol. The highest BCUT2D eigenvalue weighted by Crippen LogP contribution is 2.45. The van der Waals surface area contributed by atoms with E-state index in [4.69, 9.17) is 31.9 Å². The van der Waals surface area contributed by atoms with Crippen LogP contribution in [0, 0.1) is 11.3 Å². The Kier molecular flexibility index (Phi) is 5.39. The summed E-state index contributed by atoms with van der Waals surface area (Å²) in [5.41, 5.74) is 10.0. The fraction of sp³-hybridized carbons (Fsp3) is 0.217. The van der Waals surface area contributed by atoms with E-state index in [1.54, 1.807) is 11.8 Å². The summed E-state index contributed by atoms with van der Waals surface area (Å²) in [6.07, 6.45) is 1.65. The summed E-state index contributed by atoms with van der Waals surface area (Å²) in [6, 6.07) is 17.2. The van der Waals surface area contributed by atoms with E-state index in [9.17, 15) is 5.26 Å². The average Bonchev–Trinajstić information content (AvgIpc) is 3.11. The maximum absolute atomic E-state index is 9.84. The zero-order valence-corrected chi connectivity index (χ0v) is 17.5. The van der Waals surface area contributed by atoms with Crippen molar-refractivity contribution < 1.29 is 9.47 Å². The molecule has 1 atom stereocenters. The molecule has 2 heterocycles. The van der Waals surface area contributed by atoms with Crippen molar-refractivity contribution in [1.82, 2.24) is 9.78 Å². The molecule has 0 amide bonds. The maximum Gasteiger partial charge on any atom is 0.229 e. The lowest BCUT2D eigenvalue weighted by atomic mass is 9.83. The van der Waals surface area contributed by atoms with Crippen LogP contribution in [0.3, 0.4) is 0 Å². The van der Waals surface area contributed by atoms with Gasteiger partial charge in [0.1, 0.15) is 17.4 Å². The zero-order valence-electron chi connectivity index (χ0n) is 16.7. The molecule has 0 fully saturated rings. The van der Waals surface area contributed by atoms with Gasteiger partial charge in [0.25, 0.3) is 0 Å². The summed E-state index contributed by atoms with van der Waals surface area (Å²) >= 11 is 6.09. The van der Waals surface area contributed by atoms with Crippen molar-refractivity contribution in [2.24, 2.45) is 5.73 Å². The van der Waals surface area contributed by atoms with Crippen molar-refractivity contribution in [3.8, 4) is 23.4 Å². The summed E-state index contributed by atoms with van der Waals surface area (Å²) in [5.74, 6) is 0.993. The largest absolute Gasteiger partial charge is 0.497 e. The summed E-state index contributed by atoms with van der Waals surface area (Å²) in [7, 11) is 1.62. The molecule has 2 N–H and O–H groups in total. The predicted octanol–water partition coefficient (Wildman–Crippen LogP) is 4.70. The first-order valence-electron chi connectivity index (χ1n) is 9.66. The van der Waals surface area contributed by atoms with Crippen LogP contribution in [0.25, 0.3) is 5.69 Å². The van der Waals surface area contributed by atoms with Gasteiger partial charge in [0.2, 0.25) is 11.8 Å². The zero-order chi connectivity index (χ0) is 21.3. The number of aryl methyl sites for hydroxylation is 1. The number of ether oxygens (including phenoxy) is 2. The molecule has 0 saturated carbocycles. The van der Waals surface area contributed by atoms with Crippen LogP contribution in [0.1, 0.15) is 36.1 Å². The Labute approximate surface area is 180 Å². The van der Waals surface area contributed by atoms with Crippen molar-refractivity contribution in [3.05, 3.63) is 81.8 Å². The first kappa shape index (κ1) is 19.9. The van der Waals surface area contributed by atoms with E-state index in [-0.39, 0.29) is 11.8 Å². The highest BCUT2D eigenvalue weighted by molar-refractivity contribution is 6.30. The van der Waals surface area contributed by atoms with Crippen LogP contribution in [0.4, 0.5) is 0 Å². The monoisotopic (exact) mass is 420 g/mol. The minimum absolute atomic E-state index is 0.0858. The Hall–Kier alpha value is -3.43. The van der Waals surface area contributed by atoms with Crippen LogP contribution in [0.5, 0.6) is 11.6 Å². The van der Waals surface area contributed by atoms with Gasteiger partial charge in [-0.3, -0.25) is 0 Å². The Balaban J connectivity index is 1.94. The topological polar surface area (TPSA) is 86.1 Å². The number of aromatic nitrogens is 2. The number of halogens is 1. The molecule has 152 valence electrons. The number of rotatable bonds is 5. The fourth-order valence-corrected chi connectivity index (χ4v) is 3.85. The molecule has 3 aromatic rings. The second-order valence-corrected chi connectivity index (χ2v) is 7.44. The van der Waals surface area contributed by atoms with Crippen LogP contribution < -0.4 is 15.2 Å². The van der Waals surface area contributed by atoms with Crippen LogP contribution in [0.2, 0.25) is 5.02 Å². The normalized spacial score (nSPS) is 15.3. The number of nitrogens with zero attached hydrogens (tertiary/aromatic N) is 3. The third kappa shape index (κ3) is 3.38. The molecule has 7 heteroatoms. The van der Waals surface area contributed by atoms with E-state index in [1.165, 1.54) is 0 Å². The fourth-order valence-electron chi connectivity index (χ4n) is 3.72. The lowest BCUT2D eigenvalue weighted by molar-refractivity contribution is 0.367. The quantitative estimate of drug-likeness (QED) is 0.646. The van der Waals surface area contributed by atoms with Crippen molar-refractivity contribution in [2.75, 3.05) is 7.11 Å². The SMILES string of the molecule is CCCc1nn(-c2ccc(OC)cc2)c2c1C(c1ccc(Cl)cc1)C(C#N)=C(N)O2. The van der Waals surface area contributed by atoms with Gasteiger partial charge in [-0.15, -0.1) is 0 Å². The van der Waals surface area contributed by atoms with Crippen molar-refractivity contribution in [2.45, 2.75) is 25.7 Å². The van der Waals surface area contributed by atoms with Gasteiger partial charge < -0.3 is 15.2 Å². The number of benzene rings is 2. The van der Waals surface area contributed by atoms with Crippen molar-refractivity contribution in [1.29, 1.82) is 5.26 Å². The Morgan fingerprint density at radius 3 is 2.50 bits per heavy atom. The van der Waals surface area contributed by atoms with Crippen LogP contribution in [0.15, 0.2) is 60.0 Å². The van der Waals surface area contributed by atoms with Gasteiger partial charge in [-0.25, -0.2) is 4.68 Å². The Morgan fingerprint density at radius 1 is 1.20 bits per heavy atom. The Morgan fingerprint density at radius 2 is 1.90 bits per heavy atom. The van der Waals surface area contributed by atoms with Gasteiger partial charge in [-0.05, 0) is 48.4 Å². The molecule has 30 heavy (non-hydrogen) atoms. The van der Waals surface area contributed by atoms with Crippen LogP contribution in [-0.4, -0.2) is 16.9 Å². The number of fused-ring (bicyclic) bond motifs is 1. The van der Waals surface area contributed by atoms with Gasteiger partial charge >= 0.3 is 0 Å². The van der Waals surface area contributed by atoms with Gasteiger partial charge in [0.15, 0.2) is 0 Å². The van der Waals surface area contributed by atoms with E-state index in [1.807, 2.05) is 48.5 Å². The van der Waals surface area contributed by atoms with Gasteiger partial charge in [-0.1, -0.05) is 37.1 Å². The molecule has 2 aromatic carbocycles. The highest BCUT2D eigenvalue weighted by Gasteiger charge is 2.36. The molecular weight excluding hydrogens is 400 g/mol. The molecule has 1 aromatic heterocycles. The molecule has 0 radical (unpaired) electrons. The molecule has 4 rings (SSSR count). The van der Waals surface area contributed by atoms with E-state index >= 15 is 0 Å². The standard InChI is InChI=1S/C23H21ClN4O2/c1-3-4-19-21-20(14-5-7-15(24)8-6-14)18(13-25)22(26)30-23(21)28(27-19)16-9-11-17(29-2)12-10-16/h5-12,20H,3-4,26H2,1-2H3. The number of nitriles is 1. The summed E-state index contributed by atoms with van der Waals surface area (Å²) in [6.45, 7) is 2.09. The van der Waals surface area contributed by atoms with Crippen LogP contribution >= 0.6 is 11.6 Å². The molecular formula is C23H21ClN4O2. The summed E-state index contributed by atoms with van der Waals surface area (Å²) < 4.78 is 13.0. The molecule has 1 unspecified atom stereocenters. The third-order valence-corrected chi connectivity index (χ3v) is 5.38. The van der Waals surface area contributed by atoms with Crippen molar-refractivity contribution >= 4 is 11.6 Å². The molecule has 0 bridgehead atoms. The number of allylic oxidation sites excluding steroid dienone is 1. The maximum atomic E-state index is 9.84. The van der Waals surface area contributed by atoms with E-state index in [0.29, 0.717) is 16.5 Å². The third-order valence-electron chi connectivity index (χ3n) is 5.13. The van der Waals surface area contributed by atoms with E-state index in [2.05, 4.69) is 13.0 Å². The van der Waals surface area contributed by atoms with E-state index < -0.39 is 0 Å². The number of hydrogen-bond acceptors (Lipinski definition) is 5. The lowest BCUT2D eigenvalue weighted by Crippen LogP contribution is -2.22. The van der Waals surface area contributed by atoms with Crippen molar-refractivity contribution in [3.63, 3.8) is 0 Å². The molecule has 0 saturated heterocycles. The van der Waals surface area contributed by atoms with Crippen LogP contribution in [-0.2, 0) is 6.42 Å². The minimum atomic E-state index is -0.371. The molecule has 0 spiro atoms. The number of methoxy groups -OCH3 is 1. The van der Waals surface area contributed by atoms with Gasteiger partial charge in [-0.2, -0.15) is 10.4 Å². The summed E-state index contributed by atoms with van der Waals surface area (Å²) in [5, 5.41) is 15.3. The van der Waals surface area contributed by atoms with Gasteiger partial charge in [0.05, 0.1) is 30.0 Å². The van der Waals surface area contributed by atoms with E-state index in [0.717, 1.165) is 41.1 Å². The summed E-state index contributed by atoms with van der Waals surface area (Å²) in [4.78, 5) is 0. The number of hydrogen-bond donors (Lipinski definition) is 1. The second-order valence-electron chi connectivity index (χ2n) is 7.00. The smallest absolute Gasteiger partial charge is 0.229 e. The first-order chi connectivity index (χ1) is 14.6. The molecule has 1 aliphatic heterocycles. The Bertz CT molecular complexity index is 1140. The predicted molar refractivity (Wildman–Crippen MR) is 115 cm³/mol. The molecule has 1 aliphatic rings. The second kappa shape index (κ2) is 8.13. The molecule has 6 nitrogen and oxygen atoms in total. The lowest BCUT2D eigenvalue weighted by Gasteiger charge is -2.25. The number of nitrogens with two attached hydrogens (primary N) is 1. The van der Waals surface area contributed by atoms with Gasteiger partial charge in [0, 0.05) is 5.02 Å². The highest BCUT2D eigenvalue weighted by atomic mass is 35.5.